The molecule has 0 aliphatic heterocycles. The summed E-state index contributed by atoms with van der Waals surface area (Å²) in [6.45, 7) is 1.55. The van der Waals surface area contributed by atoms with Crippen molar-refractivity contribution in [2.24, 2.45) is 0 Å². The van der Waals surface area contributed by atoms with Crippen LogP contribution in [0.5, 0.6) is 0 Å². The normalized spacial score (nSPS) is 12.1. The summed E-state index contributed by atoms with van der Waals surface area (Å²) >= 11 is 0. The number of carbonyl (C=O) groups is 1. The van der Waals surface area contributed by atoms with E-state index in [4.69, 9.17) is 5.11 Å². The van der Waals surface area contributed by atoms with Gasteiger partial charge in [0.05, 0.1) is 6.10 Å². The predicted octanol–water partition coefficient (Wildman–Crippen LogP) is -1.83. The molecule has 1 amide bonds. The highest BCUT2D eigenvalue weighted by Crippen LogP contribution is 1.85. The number of aromatic nitrogens is 2. The van der Waals surface area contributed by atoms with Gasteiger partial charge in [-0.25, -0.2) is 4.79 Å². The number of carbonyl (C=O) groups excluding carboxylic acids is 1. The van der Waals surface area contributed by atoms with Gasteiger partial charge in [0.15, 0.2) is 0 Å². The van der Waals surface area contributed by atoms with Gasteiger partial charge in [-0.3, -0.25) is 14.6 Å². The number of nitrogens with one attached hydrogen (secondary N) is 3. The van der Waals surface area contributed by atoms with Gasteiger partial charge >= 0.3 is 5.69 Å². The van der Waals surface area contributed by atoms with Crippen LogP contribution in [-0.2, 0) is 0 Å². The smallest absolute Gasteiger partial charge is 0.326 e. The van der Waals surface area contributed by atoms with Crippen LogP contribution in [0.25, 0.3) is 0 Å². The number of amides is 1. The van der Waals surface area contributed by atoms with E-state index in [9.17, 15) is 14.4 Å². The minimum absolute atomic E-state index is 0.0493. The third-order valence-electron chi connectivity index (χ3n) is 1.56. The molecule has 0 aliphatic carbocycles. The average molecular weight is 213 g/mol. The van der Waals surface area contributed by atoms with Crippen LogP contribution in [-0.4, -0.2) is 33.6 Å². The standard InChI is InChI=1S/C8H11N3O4/c1-4(12)3-9-7(14)5-2-6(13)11-8(15)10-5/h2,4,12H,3H2,1H3,(H,9,14)(H2,10,11,13,15)/t4-/m1/s1. The van der Waals surface area contributed by atoms with E-state index in [0.717, 1.165) is 6.07 Å². The maximum Gasteiger partial charge on any atom is 0.326 e. The van der Waals surface area contributed by atoms with Crippen molar-refractivity contribution in [1.82, 2.24) is 15.3 Å². The van der Waals surface area contributed by atoms with Gasteiger partial charge in [-0.1, -0.05) is 0 Å². The van der Waals surface area contributed by atoms with Crippen LogP contribution in [0.4, 0.5) is 0 Å². The SMILES string of the molecule is C[C@@H](O)CNC(=O)c1cc(=O)[nH]c(=O)[nH]1. The fourth-order valence-electron chi connectivity index (χ4n) is 0.927. The van der Waals surface area contributed by atoms with Crippen LogP contribution in [0.15, 0.2) is 15.7 Å². The molecule has 1 atom stereocenters. The number of aromatic amines is 2. The van der Waals surface area contributed by atoms with Gasteiger partial charge in [0.2, 0.25) is 0 Å². The van der Waals surface area contributed by atoms with Crippen LogP contribution >= 0.6 is 0 Å². The highest BCUT2D eigenvalue weighted by atomic mass is 16.3. The molecule has 1 rings (SSSR count). The first-order valence-electron chi connectivity index (χ1n) is 4.29. The Morgan fingerprint density at radius 2 is 2.20 bits per heavy atom. The molecule has 4 N–H and O–H groups in total. The van der Waals surface area contributed by atoms with Gasteiger partial charge in [0.1, 0.15) is 5.69 Å². The van der Waals surface area contributed by atoms with Crippen molar-refractivity contribution in [2.45, 2.75) is 13.0 Å². The van der Waals surface area contributed by atoms with Gasteiger partial charge in [-0.15, -0.1) is 0 Å². The summed E-state index contributed by atoms with van der Waals surface area (Å²) in [5.41, 5.74) is -1.53. The lowest BCUT2D eigenvalue weighted by molar-refractivity contribution is 0.0918. The van der Waals surface area contributed by atoms with E-state index in [1.165, 1.54) is 6.92 Å². The first-order chi connectivity index (χ1) is 6.99. The van der Waals surface area contributed by atoms with Crippen LogP contribution in [0.2, 0.25) is 0 Å². The molecular formula is C8H11N3O4. The van der Waals surface area contributed by atoms with Crippen LogP contribution in [0.1, 0.15) is 17.4 Å². The fourth-order valence-corrected chi connectivity index (χ4v) is 0.927. The lowest BCUT2D eigenvalue weighted by atomic mass is 10.3. The molecule has 82 valence electrons. The van der Waals surface area contributed by atoms with Crippen molar-refractivity contribution < 1.29 is 9.90 Å². The molecule has 0 aliphatic rings. The van der Waals surface area contributed by atoms with Crippen molar-refractivity contribution in [2.75, 3.05) is 6.54 Å². The Kier molecular flexibility index (Phi) is 3.40. The molecular weight excluding hydrogens is 202 g/mol. The molecule has 1 aromatic rings. The van der Waals surface area contributed by atoms with E-state index in [0.29, 0.717) is 0 Å². The van der Waals surface area contributed by atoms with Crippen molar-refractivity contribution in [1.29, 1.82) is 0 Å². The van der Waals surface area contributed by atoms with Gasteiger partial charge in [0, 0.05) is 12.6 Å². The molecule has 1 heterocycles. The molecule has 7 heteroatoms. The van der Waals surface area contributed by atoms with Crippen LogP contribution in [0.3, 0.4) is 0 Å². The molecule has 0 fully saturated rings. The van der Waals surface area contributed by atoms with Crippen molar-refractivity contribution in [3.63, 3.8) is 0 Å². The molecule has 0 spiro atoms. The number of aliphatic hydroxyl groups is 1. The summed E-state index contributed by atoms with van der Waals surface area (Å²) < 4.78 is 0. The zero-order chi connectivity index (χ0) is 11.4. The fraction of sp³-hybridized carbons (Fsp3) is 0.375. The monoisotopic (exact) mass is 213 g/mol. The van der Waals surface area contributed by atoms with E-state index < -0.39 is 23.3 Å². The van der Waals surface area contributed by atoms with Gasteiger partial charge < -0.3 is 15.4 Å². The van der Waals surface area contributed by atoms with E-state index in [1.807, 2.05) is 4.98 Å². The van der Waals surface area contributed by atoms with Crippen molar-refractivity contribution >= 4 is 5.91 Å². The maximum absolute atomic E-state index is 11.3. The summed E-state index contributed by atoms with van der Waals surface area (Å²) in [5, 5.41) is 11.2. The minimum atomic E-state index is -0.746. The summed E-state index contributed by atoms with van der Waals surface area (Å²) in [4.78, 5) is 37.1. The summed E-state index contributed by atoms with van der Waals surface area (Å²) in [6.07, 6.45) is -0.692. The lowest BCUT2D eigenvalue weighted by Crippen LogP contribution is -2.34. The quantitative estimate of drug-likeness (QED) is 0.473. The second-order valence-corrected chi connectivity index (χ2v) is 3.06. The van der Waals surface area contributed by atoms with E-state index in [1.54, 1.807) is 0 Å². The Balaban J connectivity index is 2.83. The largest absolute Gasteiger partial charge is 0.392 e. The first kappa shape index (κ1) is 11.2. The summed E-state index contributed by atoms with van der Waals surface area (Å²) in [5.74, 6) is -0.612. The summed E-state index contributed by atoms with van der Waals surface area (Å²) in [6, 6.07) is 0.971. The molecule has 1 aromatic heterocycles. The number of hydrogen-bond acceptors (Lipinski definition) is 4. The number of H-pyrrole nitrogens is 2. The third-order valence-corrected chi connectivity index (χ3v) is 1.56. The van der Waals surface area contributed by atoms with Gasteiger partial charge in [-0.2, -0.15) is 0 Å². The van der Waals surface area contributed by atoms with Crippen LogP contribution in [0, 0.1) is 0 Å². The van der Waals surface area contributed by atoms with E-state index >= 15 is 0 Å². The zero-order valence-electron chi connectivity index (χ0n) is 8.03. The third kappa shape index (κ3) is 3.39. The second-order valence-electron chi connectivity index (χ2n) is 3.06. The first-order valence-corrected chi connectivity index (χ1v) is 4.29. The van der Waals surface area contributed by atoms with Crippen molar-refractivity contribution in [3.05, 3.63) is 32.6 Å². The van der Waals surface area contributed by atoms with Gasteiger partial charge in [0.25, 0.3) is 11.5 Å². The number of hydrogen-bond donors (Lipinski definition) is 4. The molecule has 0 unspecified atom stereocenters. The second kappa shape index (κ2) is 4.56. The van der Waals surface area contributed by atoms with Crippen LogP contribution < -0.4 is 16.6 Å². The number of rotatable bonds is 3. The van der Waals surface area contributed by atoms with E-state index in [2.05, 4.69) is 10.3 Å². The van der Waals surface area contributed by atoms with E-state index in [-0.39, 0.29) is 12.2 Å². The Morgan fingerprint density at radius 1 is 1.53 bits per heavy atom. The molecule has 0 bridgehead atoms. The zero-order valence-corrected chi connectivity index (χ0v) is 8.03. The maximum atomic E-state index is 11.3. The molecule has 7 nitrogen and oxygen atoms in total. The lowest BCUT2D eigenvalue weighted by Gasteiger charge is -2.05. The Bertz CT molecular complexity index is 431. The molecule has 0 radical (unpaired) electrons. The number of aliphatic hydroxyl groups excluding tert-OH is 1. The Morgan fingerprint density at radius 3 is 2.73 bits per heavy atom. The Labute approximate surface area is 84.2 Å². The summed E-state index contributed by atoms with van der Waals surface area (Å²) in [7, 11) is 0. The Hall–Kier alpha value is -1.89. The minimum Gasteiger partial charge on any atom is -0.392 e. The van der Waals surface area contributed by atoms with Gasteiger partial charge in [-0.05, 0) is 6.92 Å². The predicted molar refractivity (Wildman–Crippen MR) is 51.7 cm³/mol. The molecule has 0 saturated carbocycles. The van der Waals surface area contributed by atoms with Crippen molar-refractivity contribution in [3.8, 4) is 0 Å². The highest BCUT2D eigenvalue weighted by Gasteiger charge is 2.08. The molecule has 0 saturated heterocycles. The molecule has 0 aromatic carbocycles. The topological polar surface area (TPSA) is 115 Å². The highest BCUT2D eigenvalue weighted by molar-refractivity contribution is 5.91. The average Bonchev–Trinajstić information content (AvgIpc) is 2.12. The molecule has 15 heavy (non-hydrogen) atoms.